The van der Waals surface area contributed by atoms with Crippen molar-refractivity contribution in [3.8, 4) is 11.1 Å². The third-order valence-electron chi connectivity index (χ3n) is 11.4. The summed E-state index contributed by atoms with van der Waals surface area (Å²) in [6.45, 7) is 3.77. The second-order valence-corrected chi connectivity index (χ2v) is 17.1. The predicted molar refractivity (Wildman–Crippen MR) is 227 cm³/mol. The van der Waals surface area contributed by atoms with E-state index in [9.17, 15) is 37.2 Å². The molecule has 2 saturated heterocycles. The number of halogens is 2. The number of aromatic nitrogens is 4. The first-order chi connectivity index (χ1) is 30.7. The number of benzene rings is 2. The number of carbonyl (C=O) groups excluding carboxylic acids is 6. The highest BCUT2D eigenvalue weighted by atomic mass is 32.2. The van der Waals surface area contributed by atoms with E-state index in [0.29, 0.717) is 61.9 Å². The number of pyridine rings is 1. The highest BCUT2D eigenvalue weighted by Gasteiger charge is 2.45. The fourth-order valence-corrected chi connectivity index (χ4v) is 8.71. The van der Waals surface area contributed by atoms with Crippen LogP contribution >= 0.6 is 0 Å². The standard InChI is InChI=1S/C42H41F2N11O8S/c1-3-52(2)64(62,63)51-30-10-9-28(43)35(36(30)44)37(58)27-22-47-38-26(27)18-23(19-46-38)24-20-48-42(49-21-24)54-16-14-53(15-17-54)33(57)8-5-13-45-29-7-4-6-25-34(29)41(61)55(40(25)60)31-11-12-32(56)50-39(31)59/h4,6-7,9-10,18-22,31,45,51H,3,5,8,11-17H2,1-2H3,(H,46,47)(H,50,56,59). The van der Waals surface area contributed by atoms with E-state index in [0.717, 1.165) is 21.3 Å². The van der Waals surface area contributed by atoms with Gasteiger partial charge >= 0.3 is 10.2 Å². The van der Waals surface area contributed by atoms with Crippen LogP contribution in [0.3, 0.4) is 0 Å². The largest absolute Gasteiger partial charge is 0.384 e. The molecule has 0 saturated carbocycles. The molecule has 6 heterocycles. The van der Waals surface area contributed by atoms with Crippen molar-refractivity contribution < 1.29 is 46.0 Å². The van der Waals surface area contributed by atoms with Crippen LogP contribution in [-0.4, -0.2) is 130 Å². The summed E-state index contributed by atoms with van der Waals surface area (Å²) in [6.07, 6.45) is 6.68. The summed E-state index contributed by atoms with van der Waals surface area (Å²) >= 11 is 0. The number of amides is 5. The van der Waals surface area contributed by atoms with Crippen LogP contribution in [0.25, 0.3) is 22.2 Å². The number of piperidine rings is 1. The number of fused-ring (bicyclic) bond motifs is 2. The molecule has 22 heteroatoms. The van der Waals surface area contributed by atoms with Crippen LogP contribution < -0.4 is 20.3 Å². The average molecular weight is 898 g/mol. The van der Waals surface area contributed by atoms with E-state index in [2.05, 4.69) is 35.3 Å². The van der Waals surface area contributed by atoms with Crippen LogP contribution in [0.2, 0.25) is 0 Å². The maximum absolute atomic E-state index is 15.6. The fourth-order valence-electron chi connectivity index (χ4n) is 7.78. The van der Waals surface area contributed by atoms with E-state index in [-0.39, 0.29) is 59.4 Å². The summed E-state index contributed by atoms with van der Waals surface area (Å²) in [5.74, 6) is -5.56. The van der Waals surface area contributed by atoms with Gasteiger partial charge in [-0.1, -0.05) is 13.0 Å². The van der Waals surface area contributed by atoms with Crippen molar-refractivity contribution in [1.29, 1.82) is 0 Å². The summed E-state index contributed by atoms with van der Waals surface area (Å²) in [5, 5.41) is 5.60. The van der Waals surface area contributed by atoms with Gasteiger partial charge in [0.25, 0.3) is 11.8 Å². The molecule has 19 nitrogen and oxygen atoms in total. The number of anilines is 3. The van der Waals surface area contributed by atoms with Crippen LogP contribution in [-0.2, 0) is 24.6 Å². The van der Waals surface area contributed by atoms with Gasteiger partial charge < -0.3 is 20.1 Å². The third kappa shape index (κ3) is 8.23. The van der Waals surface area contributed by atoms with Crippen molar-refractivity contribution in [2.75, 3.05) is 61.3 Å². The number of piperazine rings is 1. The topological polar surface area (TPSA) is 240 Å². The number of hydrogen-bond acceptors (Lipinski definition) is 13. The van der Waals surface area contributed by atoms with E-state index in [1.54, 1.807) is 42.4 Å². The Morgan fingerprint density at radius 3 is 2.39 bits per heavy atom. The minimum Gasteiger partial charge on any atom is -0.384 e. The first-order valence-electron chi connectivity index (χ1n) is 20.3. The number of rotatable bonds is 14. The summed E-state index contributed by atoms with van der Waals surface area (Å²) < 4.78 is 58.7. The highest BCUT2D eigenvalue weighted by molar-refractivity contribution is 7.90. The summed E-state index contributed by atoms with van der Waals surface area (Å²) in [4.78, 5) is 98.2. The SMILES string of the molecule is CCN(C)S(=O)(=O)Nc1ccc(F)c(C(=O)c2c[nH]c3ncc(-c4cnc(N5CCN(C(=O)CCCNc6cccc7c6C(=O)N(C6CCC(=O)NC6=O)C7=O)CC5)nc4)cc23)c1F. The average Bonchev–Trinajstić information content (AvgIpc) is 3.83. The molecule has 0 radical (unpaired) electrons. The summed E-state index contributed by atoms with van der Waals surface area (Å²) in [7, 11) is -2.89. The van der Waals surface area contributed by atoms with Gasteiger partial charge in [-0.2, -0.15) is 12.7 Å². The molecule has 0 bridgehead atoms. The van der Waals surface area contributed by atoms with E-state index >= 15 is 8.78 Å². The monoisotopic (exact) mass is 897 g/mol. The zero-order valence-corrected chi connectivity index (χ0v) is 35.3. The molecule has 1 unspecified atom stereocenters. The van der Waals surface area contributed by atoms with Crippen LogP contribution in [0.5, 0.6) is 0 Å². The molecule has 0 spiro atoms. The zero-order valence-electron chi connectivity index (χ0n) is 34.5. The number of ketones is 1. The van der Waals surface area contributed by atoms with Crippen molar-refractivity contribution >= 4 is 73.9 Å². The molecule has 3 aliphatic heterocycles. The van der Waals surface area contributed by atoms with Gasteiger partial charge in [-0.15, -0.1) is 0 Å². The highest BCUT2D eigenvalue weighted by Crippen LogP contribution is 2.33. The number of nitrogens with one attached hydrogen (secondary N) is 4. The minimum absolute atomic E-state index is 0.0192. The molecule has 2 aromatic carbocycles. The Kier molecular flexibility index (Phi) is 11.9. The third-order valence-corrected chi connectivity index (χ3v) is 13.0. The Balaban J connectivity index is 0.854. The maximum Gasteiger partial charge on any atom is 0.301 e. The van der Waals surface area contributed by atoms with Gasteiger partial charge in [0.05, 0.1) is 22.4 Å². The van der Waals surface area contributed by atoms with E-state index in [1.807, 2.05) is 4.90 Å². The summed E-state index contributed by atoms with van der Waals surface area (Å²) in [5.41, 5.74) is 0.414. The number of carbonyl (C=O) groups is 6. The fraction of sp³-hybridized carbons (Fsp3) is 0.310. The Labute approximate surface area is 364 Å². The van der Waals surface area contributed by atoms with E-state index < -0.39 is 68.5 Å². The molecule has 332 valence electrons. The van der Waals surface area contributed by atoms with Crippen LogP contribution in [0.15, 0.2) is 61.2 Å². The molecule has 1 atom stereocenters. The first kappa shape index (κ1) is 43.4. The Bertz CT molecular complexity index is 2850. The van der Waals surface area contributed by atoms with Crippen molar-refractivity contribution in [3.05, 3.63) is 95.1 Å². The van der Waals surface area contributed by atoms with Gasteiger partial charge in [-0.05, 0) is 43.2 Å². The van der Waals surface area contributed by atoms with Crippen molar-refractivity contribution in [3.63, 3.8) is 0 Å². The minimum atomic E-state index is -4.17. The van der Waals surface area contributed by atoms with Gasteiger partial charge in [-0.3, -0.25) is 43.7 Å². The Morgan fingerprint density at radius 2 is 1.67 bits per heavy atom. The molecule has 5 aromatic rings. The van der Waals surface area contributed by atoms with Crippen molar-refractivity contribution in [1.82, 2.24) is 39.4 Å². The van der Waals surface area contributed by atoms with Crippen LogP contribution in [0.1, 0.15) is 69.2 Å². The Hall–Kier alpha value is -7.20. The molecule has 5 amide bonds. The second-order valence-electron chi connectivity index (χ2n) is 15.3. The molecule has 64 heavy (non-hydrogen) atoms. The number of hydrogen-bond donors (Lipinski definition) is 4. The van der Waals surface area contributed by atoms with Gasteiger partial charge in [-0.25, -0.2) is 23.7 Å². The smallest absolute Gasteiger partial charge is 0.301 e. The zero-order chi connectivity index (χ0) is 45.4. The molecule has 8 rings (SSSR count). The summed E-state index contributed by atoms with van der Waals surface area (Å²) in [6, 6.07) is 7.05. The molecule has 0 aliphatic carbocycles. The van der Waals surface area contributed by atoms with Crippen LogP contribution in [0.4, 0.5) is 26.1 Å². The molecule has 3 aromatic heterocycles. The van der Waals surface area contributed by atoms with Crippen LogP contribution in [0, 0.1) is 11.6 Å². The molecular weight excluding hydrogens is 857 g/mol. The molecule has 2 fully saturated rings. The van der Waals surface area contributed by atoms with Gasteiger partial charge in [0, 0.05) is 112 Å². The van der Waals surface area contributed by atoms with Gasteiger partial charge in [0.15, 0.2) is 5.82 Å². The normalized spacial score (nSPS) is 16.7. The lowest BCUT2D eigenvalue weighted by atomic mass is 10.0. The maximum atomic E-state index is 15.6. The second kappa shape index (κ2) is 17.5. The number of imide groups is 2. The van der Waals surface area contributed by atoms with Crippen molar-refractivity contribution in [2.24, 2.45) is 0 Å². The molecule has 4 N–H and O–H groups in total. The van der Waals surface area contributed by atoms with Gasteiger partial charge in [0.1, 0.15) is 17.5 Å². The lowest BCUT2D eigenvalue weighted by molar-refractivity contribution is -0.136. The number of H-pyrrole nitrogens is 1. The quantitative estimate of drug-likeness (QED) is 0.0713. The number of aromatic amines is 1. The molecular formula is C42H41F2N11O8S. The first-order valence-corrected chi connectivity index (χ1v) is 21.8. The van der Waals surface area contributed by atoms with Crippen molar-refractivity contribution in [2.45, 2.75) is 38.6 Å². The lowest BCUT2D eigenvalue weighted by Gasteiger charge is -2.34. The Morgan fingerprint density at radius 1 is 0.938 bits per heavy atom. The van der Waals surface area contributed by atoms with E-state index in [1.165, 1.54) is 25.5 Å². The number of nitrogens with zero attached hydrogens (tertiary/aromatic N) is 7. The van der Waals surface area contributed by atoms with E-state index in [4.69, 9.17) is 0 Å². The molecule has 3 aliphatic rings. The predicted octanol–water partition coefficient (Wildman–Crippen LogP) is 3.08. The lowest BCUT2D eigenvalue weighted by Crippen LogP contribution is -2.54. The van der Waals surface area contributed by atoms with Gasteiger partial charge in [0.2, 0.25) is 29.5 Å².